The molecular weight excluding hydrogens is 226 g/mol. The van der Waals surface area contributed by atoms with Crippen molar-refractivity contribution in [2.45, 2.75) is 38.9 Å². The third-order valence-electron chi connectivity index (χ3n) is 2.89. The first-order valence-corrected chi connectivity index (χ1v) is 6.79. The van der Waals surface area contributed by atoms with Crippen molar-refractivity contribution in [3.05, 3.63) is 35.9 Å². The van der Waals surface area contributed by atoms with Crippen LogP contribution in [0.1, 0.15) is 38.4 Å². The van der Waals surface area contributed by atoms with E-state index in [2.05, 4.69) is 12.2 Å². The molecule has 0 aliphatic rings. The van der Waals surface area contributed by atoms with Gasteiger partial charge in [0.25, 0.3) is 0 Å². The SMILES string of the molecule is CCCCNCC(O)COC(C)c1ccccc1. The van der Waals surface area contributed by atoms with Gasteiger partial charge in [-0.15, -0.1) is 0 Å². The first-order chi connectivity index (χ1) is 8.74. The number of unbranched alkanes of at least 4 members (excludes halogenated alkanes) is 1. The van der Waals surface area contributed by atoms with Crippen molar-refractivity contribution in [1.29, 1.82) is 0 Å². The predicted octanol–water partition coefficient (Wildman–Crippen LogP) is 2.51. The fourth-order valence-electron chi connectivity index (χ4n) is 1.71. The third-order valence-corrected chi connectivity index (χ3v) is 2.89. The molecule has 2 unspecified atom stereocenters. The number of hydrogen-bond acceptors (Lipinski definition) is 3. The number of nitrogens with one attached hydrogen (secondary N) is 1. The molecule has 2 atom stereocenters. The highest BCUT2D eigenvalue weighted by Crippen LogP contribution is 2.15. The summed E-state index contributed by atoms with van der Waals surface area (Å²) in [5.41, 5.74) is 1.14. The quantitative estimate of drug-likeness (QED) is 0.663. The molecular formula is C15H25NO2. The lowest BCUT2D eigenvalue weighted by atomic mass is 10.1. The zero-order valence-electron chi connectivity index (χ0n) is 11.4. The van der Waals surface area contributed by atoms with E-state index in [1.54, 1.807) is 0 Å². The zero-order valence-corrected chi connectivity index (χ0v) is 11.4. The maximum Gasteiger partial charge on any atom is 0.0897 e. The van der Waals surface area contributed by atoms with Gasteiger partial charge in [0.05, 0.1) is 18.8 Å². The number of aliphatic hydroxyl groups is 1. The minimum atomic E-state index is -0.437. The van der Waals surface area contributed by atoms with E-state index in [9.17, 15) is 5.11 Å². The summed E-state index contributed by atoms with van der Waals surface area (Å²) in [5, 5.41) is 13.0. The molecule has 3 heteroatoms. The van der Waals surface area contributed by atoms with Crippen LogP contribution in [-0.4, -0.2) is 30.9 Å². The smallest absolute Gasteiger partial charge is 0.0897 e. The van der Waals surface area contributed by atoms with E-state index in [4.69, 9.17) is 4.74 Å². The Balaban J connectivity index is 2.16. The van der Waals surface area contributed by atoms with Crippen LogP contribution >= 0.6 is 0 Å². The highest BCUT2D eigenvalue weighted by Gasteiger charge is 2.09. The van der Waals surface area contributed by atoms with Crippen molar-refractivity contribution >= 4 is 0 Å². The summed E-state index contributed by atoms with van der Waals surface area (Å²) in [4.78, 5) is 0. The highest BCUT2D eigenvalue weighted by molar-refractivity contribution is 5.16. The van der Waals surface area contributed by atoms with Gasteiger partial charge in [-0.1, -0.05) is 43.7 Å². The number of ether oxygens (including phenoxy) is 1. The number of aliphatic hydroxyl groups excluding tert-OH is 1. The summed E-state index contributed by atoms with van der Waals surface area (Å²) in [6.07, 6.45) is 1.91. The number of hydrogen-bond donors (Lipinski definition) is 2. The Morgan fingerprint density at radius 1 is 1.28 bits per heavy atom. The van der Waals surface area contributed by atoms with Crippen molar-refractivity contribution in [3.8, 4) is 0 Å². The van der Waals surface area contributed by atoms with E-state index in [0.29, 0.717) is 13.2 Å². The summed E-state index contributed by atoms with van der Waals surface area (Å²) in [6, 6.07) is 10.1. The lowest BCUT2D eigenvalue weighted by Gasteiger charge is -2.17. The minimum absolute atomic E-state index is 0.0245. The van der Waals surface area contributed by atoms with E-state index >= 15 is 0 Å². The largest absolute Gasteiger partial charge is 0.389 e. The van der Waals surface area contributed by atoms with Crippen LogP contribution in [0.3, 0.4) is 0 Å². The van der Waals surface area contributed by atoms with Crippen molar-refractivity contribution in [1.82, 2.24) is 5.32 Å². The van der Waals surface area contributed by atoms with Crippen LogP contribution in [0, 0.1) is 0 Å². The lowest BCUT2D eigenvalue weighted by Crippen LogP contribution is -2.31. The second-order valence-electron chi connectivity index (χ2n) is 4.60. The summed E-state index contributed by atoms with van der Waals surface area (Å²) < 4.78 is 5.66. The minimum Gasteiger partial charge on any atom is -0.389 e. The molecule has 1 rings (SSSR count). The van der Waals surface area contributed by atoms with E-state index < -0.39 is 6.10 Å². The molecule has 2 N–H and O–H groups in total. The third kappa shape index (κ3) is 6.15. The molecule has 3 nitrogen and oxygen atoms in total. The molecule has 102 valence electrons. The second kappa shape index (κ2) is 9.09. The van der Waals surface area contributed by atoms with Gasteiger partial charge in [-0.05, 0) is 25.5 Å². The fourth-order valence-corrected chi connectivity index (χ4v) is 1.71. The Hall–Kier alpha value is -0.900. The summed E-state index contributed by atoms with van der Waals surface area (Å²) in [5.74, 6) is 0. The number of benzene rings is 1. The molecule has 0 aromatic heterocycles. The van der Waals surface area contributed by atoms with Crippen LogP contribution in [-0.2, 0) is 4.74 Å². The van der Waals surface area contributed by atoms with Crippen LogP contribution in [0.15, 0.2) is 30.3 Å². The molecule has 1 aromatic rings. The maximum absolute atomic E-state index is 9.76. The predicted molar refractivity (Wildman–Crippen MR) is 74.6 cm³/mol. The van der Waals surface area contributed by atoms with Crippen molar-refractivity contribution in [3.63, 3.8) is 0 Å². The lowest BCUT2D eigenvalue weighted by molar-refractivity contribution is -0.00196. The van der Waals surface area contributed by atoms with Gasteiger partial charge in [0, 0.05) is 6.54 Å². The highest BCUT2D eigenvalue weighted by atomic mass is 16.5. The zero-order chi connectivity index (χ0) is 13.2. The van der Waals surface area contributed by atoms with Crippen LogP contribution < -0.4 is 5.32 Å². The van der Waals surface area contributed by atoms with Gasteiger partial charge >= 0.3 is 0 Å². The molecule has 0 fully saturated rings. The molecule has 1 aromatic carbocycles. The van der Waals surface area contributed by atoms with Crippen LogP contribution in [0.25, 0.3) is 0 Å². The van der Waals surface area contributed by atoms with Crippen molar-refractivity contribution < 1.29 is 9.84 Å². The summed E-state index contributed by atoms with van der Waals surface area (Å²) in [7, 11) is 0. The molecule has 0 heterocycles. The van der Waals surface area contributed by atoms with E-state index in [1.165, 1.54) is 6.42 Å². The molecule has 18 heavy (non-hydrogen) atoms. The van der Waals surface area contributed by atoms with Gasteiger partial charge < -0.3 is 15.2 Å². The van der Waals surface area contributed by atoms with Crippen molar-refractivity contribution in [2.75, 3.05) is 19.7 Å². The van der Waals surface area contributed by atoms with E-state index in [1.807, 2.05) is 37.3 Å². The summed E-state index contributed by atoms with van der Waals surface area (Å²) in [6.45, 7) is 6.09. The molecule has 0 bridgehead atoms. The van der Waals surface area contributed by atoms with Gasteiger partial charge in [0.1, 0.15) is 0 Å². The summed E-state index contributed by atoms with van der Waals surface area (Å²) >= 11 is 0. The Kier molecular flexibility index (Phi) is 7.65. The molecule has 0 radical (unpaired) electrons. The van der Waals surface area contributed by atoms with Crippen LogP contribution in [0.2, 0.25) is 0 Å². The molecule has 0 saturated heterocycles. The van der Waals surface area contributed by atoms with Gasteiger partial charge in [-0.3, -0.25) is 0 Å². The molecule has 0 spiro atoms. The second-order valence-corrected chi connectivity index (χ2v) is 4.60. The van der Waals surface area contributed by atoms with Crippen LogP contribution in [0.4, 0.5) is 0 Å². The van der Waals surface area contributed by atoms with E-state index in [0.717, 1.165) is 18.5 Å². The van der Waals surface area contributed by atoms with E-state index in [-0.39, 0.29) is 6.10 Å². The maximum atomic E-state index is 9.76. The van der Waals surface area contributed by atoms with Gasteiger partial charge in [-0.25, -0.2) is 0 Å². The molecule has 0 aliphatic carbocycles. The molecule has 0 aliphatic heterocycles. The van der Waals surface area contributed by atoms with Crippen LogP contribution in [0.5, 0.6) is 0 Å². The van der Waals surface area contributed by atoms with Gasteiger partial charge in [0.15, 0.2) is 0 Å². The molecule has 0 saturated carbocycles. The Labute approximate surface area is 110 Å². The average molecular weight is 251 g/mol. The first-order valence-electron chi connectivity index (χ1n) is 6.79. The van der Waals surface area contributed by atoms with Gasteiger partial charge in [0.2, 0.25) is 0 Å². The standard InChI is InChI=1S/C15H25NO2/c1-3-4-10-16-11-15(17)12-18-13(2)14-8-6-5-7-9-14/h5-9,13,15-17H,3-4,10-12H2,1-2H3. The number of rotatable bonds is 9. The average Bonchev–Trinajstić information content (AvgIpc) is 2.42. The van der Waals surface area contributed by atoms with Gasteiger partial charge in [-0.2, -0.15) is 0 Å². The topological polar surface area (TPSA) is 41.5 Å². The Morgan fingerprint density at radius 3 is 2.67 bits per heavy atom. The Bertz CT molecular complexity index is 303. The first kappa shape index (κ1) is 15.2. The Morgan fingerprint density at radius 2 is 2.00 bits per heavy atom. The van der Waals surface area contributed by atoms with Crippen molar-refractivity contribution in [2.24, 2.45) is 0 Å². The normalized spacial score (nSPS) is 14.4. The monoisotopic (exact) mass is 251 g/mol. The molecule has 0 amide bonds. The fraction of sp³-hybridized carbons (Fsp3) is 0.600.